The molecule has 0 spiro atoms. The van der Waals surface area contributed by atoms with E-state index in [4.69, 9.17) is 4.74 Å². The van der Waals surface area contributed by atoms with E-state index >= 15 is 0 Å². The Morgan fingerprint density at radius 3 is 2.94 bits per heavy atom. The lowest BCUT2D eigenvalue weighted by Gasteiger charge is -2.30. The molecule has 2 atom stereocenters. The highest BCUT2D eigenvalue weighted by Gasteiger charge is 2.23. The minimum Gasteiger partial charge on any atom is -0.463 e. The molecule has 0 bridgehead atoms. The molecule has 98 valence electrons. The van der Waals surface area contributed by atoms with Gasteiger partial charge in [-0.3, -0.25) is 0 Å². The van der Waals surface area contributed by atoms with Gasteiger partial charge in [0, 0.05) is 25.3 Å². The van der Waals surface area contributed by atoms with Crippen molar-refractivity contribution in [1.29, 1.82) is 0 Å². The highest BCUT2D eigenvalue weighted by molar-refractivity contribution is 5.81. The number of aliphatic hydroxyl groups excluding tert-OH is 1. The predicted octanol–water partition coefficient (Wildman–Crippen LogP) is 1.25. The van der Waals surface area contributed by atoms with Crippen molar-refractivity contribution in [3.05, 3.63) is 12.2 Å². The second kappa shape index (κ2) is 8.25. The lowest BCUT2D eigenvalue weighted by atomic mass is 9.85. The molecule has 0 amide bonds. The Labute approximate surface area is 103 Å². The van der Waals surface area contributed by atoms with Crippen LogP contribution in [0.3, 0.4) is 0 Å². The maximum atomic E-state index is 11.0. The first kappa shape index (κ1) is 14.2. The van der Waals surface area contributed by atoms with Crippen LogP contribution in [0.15, 0.2) is 12.2 Å². The van der Waals surface area contributed by atoms with Crippen LogP contribution < -0.4 is 5.32 Å². The van der Waals surface area contributed by atoms with Gasteiger partial charge in [0.05, 0.1) is 6.61 Å². The number of hydrogen-bond donors (Lipinski definition) is 2. The summed E-state index contributed by atoms with van der Waals surface area (Å²) < 4.78 is 4.78. The van der Waals surface area contributed by atoms with Crippen molar-refractivity contribution >= 4 is 5.97 Å². The summed E-state index contributed by atoms with van der Waals surface area (Å²) in [6, 6.07) is 0.376. The third kappa shape index (κ3) is 5.33. The second-order valence-electron chi connectivity index (χ2n) is 4.40. The summed E-state index contributed by atoms with van der Waals surface area (Å²) in [5.41, 5.74) is 0. The van der Waals surface area contributed by atoms with Gasteiger partial charge in [0.15, 0.2) is 0 Å². The molecule has 0 aromatic carbocycles. The summed E-state index contributed by atoms with van der Waals surface area (Å²) in [5, 5.41) is 12.6. The third-order valence-electron chi connectivity index (χ3n) is 3.18. The van der Waals surface area contributed by atoms with Crippen LogP contribution in [0.2, 0.25) is 0 Å². The molecule has 1 saturated carbocycles. The molecule has 0 saturated heterocycles. The van der Waals surface area contributed by atoms with Crippen molar-refractivity contribution in [1.82, 2.24) is 5.32 Å². The Morgan fingerprint density at radius 1 is 1.47 bits per heavy atom. The third-order valence-corrected chi connectivity index (χ3v) is 3.18. The molecule has 2 N–H and O–H groups in total. The molecule has 0 aromatic rings. The van der Waals surface area contributed by atoms with Gasteiger partial charge < -0.3 is 15.2 Å². The number of carbonyl (C=O) groups is 1. The standard InChI is InChI=1S/C13H23NO3/c1-2-17-13(16)8-5-9-14-12-7-4-3-6-11(12)10-15/h5,8,11-12,14-15H,2-4,6-7,9-10H2,1H3/b8-5+. The average molecular weight is 241 g/mol. The molecule has 0 aromatic heterocycles. The van der Waals surface area contributed by atoms with Gasteiger partial charge in [-0.05, 0) is 25.7 Å². The zero-order valence-corrected chi connectivity index (χ0v) is 10.5. The Morgan fingerprint density at radius 2 is 2.24 bits per heavy atom. The lowest BCUT2D eigenvalue weighted by Crippen LogP contribution is -2.40. The molecule has 17 heavy (non-hydrogen) atoms. The Kier molecular flexibility index (Phi) is 6.89. The summed E-state index contributed by atoms with van der Waals surface area (Å²) >= 11 is 0. The van der Waals surface area contributed by atoms with Gasteiger partial charge in [0.25, 0.3) is 0 Å². The first-order chi connectivity index (χ1) is 8.27. The molecule has 4 heteroatoms. The number of rotatable bonds is 6. The van der Waals surface area contributed by atoms with Crippen LogP contribution in [-0.2, 0) is 9.53 Å². The molecule has 0 radical (unpaired) electrons. The van der Waals surface area contributed by atoms with Gasteiger partial charge in [-0.1, -0.05) is 18.9 Å². The fraction of sp³-hybridized carbons (Fsp3) is 0.769. The van der Waals surface area contributed by atoms with E-state index in [0.717, 1.165) is 12.8 Å². The van der Waals surface area contributed by atoms with E-state index in [1.807, 2.05) is 0 Å². The zero-order valence-electron chi connectivity index (χ0n) is 10.5. The van der Waals surface area contributed by atoms with Crippen molar-refractivity contribution in [2.45, 2.75) is 38.6 Å². The van der Waals surface area contributed by atoms with E-state index in [9.17, 15) is 9.90 Å². The maximum absolute atomic E-state index is 11.0. The summed E-state index contributed by atoms with van der Waals surface area (Å²) in [6.45, 7) is 3.10. The fourth-order valence-corrected chi connectivity index (χ4v) is 2.26. The van der Waals surface area contributed by atoms with Gasteiger partial charge in [0.1, 0.15) is 0 Å². The minimum atomic E-state index is -0.295. The number of esters is 1. The van der Waals surface area contributed by atoms with Crippen LogP contribution in [0, 0.1) is 5.92 Å². The number of nitrogens with one attached hydrogen (secondary N) is 1. The van der Waals surface area contributed by atoms with Crippen LogP contribution in [0.4, 0.5) is 0 Å². The smallest absolute Gasteiger partial charge is 0.330 e. The molecule has 1 aliphatic rings. The molecule has 1 fully saturated rings. The lowest BCUT2D eigenvalue weighted by molar-refractivity contribution is -0.137. The summed E-state index contributed by atoms with van der Waals surface area (Å²) in [5.74, 6) is 0.0661. The molecule has 0 aliphatic heterocycles. The van der Waals surface area contributed by atoms with Crippen molar-refractivity contribution in [3.8, 4) is 0 Å². The number of aliphatic hydroxyl groups is 1. The first-order valence-electron chi connectivity index (χ1n) is 6.45. The van der Waals surface area contributed by atoms with E-state index in [2.05, 4.69) is 5.32 Å². The zero-order chi connectivity index (χ0) is 12.5. The van der Waals surface area contributed by atoms with Crippen LogP contribution in [-0.4, -0.2) is 36.9 Å². The molecule has 4 nitrogen and oxygen atoms in total. The van der Waals surface area contributed by atoms with Crippen molar-refractivity contribution in [2.24, 2.45) is 5.92 Å². The predicted molar refractivity (Wildman–Crippen MR) is 66.6 cm³/mol. The molecule has 1 aliphatic carbocycles. The Balaban J connectivity index is 2.22. The van der Waals surface area contributed by atoms with Crippen LogP contribution >= 0.6 is 0 Å². The van der Waals surface area contributed by atoms with Crippen LogP contribution in [0.5, 0.6) is 0 Å². The fourth-order valence-electron chi connectivity index (χ4n) is 2.26. The van der Waals surface area contributed by atoms with Gasteiger partial charge >= 0.3 is 5.97 Å². The van der Waals surface area contributed by atoms with Gasteiger partial charge in [-0.2, -0.15) is 0 Å². The maximum Gasteiger partial charge on any atom is 0.330 e. The van der Waals surface area contributed by atoms with Crippen molar-refractivity contribution in [3.63, 3.8) is 0 Å². The number of carbonyl (C=O) groups excluding carboxylic acids is 1. The average Bonchev–Trinajstić information content (AvgIpc) is 2.35. The highest BCUT2D eigenvalue weighted by atomic mass is 16.5. The minimum absolute atomic E-state index is 0.249. The van der Waals surface area contributed by atoms with Crippen LogP contribution in [0.25, 0.3) is 0 Å². The molecule has 0 heterocycles. The van der Waals surface area contributed by atoms with Gasteiger partial charge in [-0.25, -0.2) is 4.79 Å². The van der Waals surface area contributed by atoms with Gasteiger partial charge in [0.2, 0.25) is 0 Å². The van der Waals surface area contributed by atoms with E-state index < -0.39 is 0 Å². The first-order valence-corrected chi connectivity index (χ1v) is 6.45. The van der Waals surface area contributed by atoms with Gasteiger partial charge in [-0.15, -0.1) is 0 Å². The summed E-state index contributed by atoms with van der Waals surface area (Å²) in [4.78, 5) is 11.0. The Bertz CT molecular complexity index is 253. The van der Waals surface area contributed by atoms with E-state index in [1.54, 1.807) is 13.0 Å². The topological polar surface area (TPSA) is 58.6 Å². The van der Waals surface area contributed by atoms with Crippen LogP contribution in [0.1, 0.15) is 32.6 Å². The summed E-state index contributed by atoms with van der Waals surface area (Å²) in [7, 11) is 0. The van der Waals surface area contributed by atoms with Crippen molar-refractivity contribution < 1.29 is 14.6 Å². The Hall–Kier alpha value is -0.870. The monoisotopic (exact) mass is 241 g/mol. The van der Waals surface area contributed by atoms with Crippen molar-refractivity contribution in [2.75, 3.05) is 19.8 Å². The number of hydrogen-bond acceptors (Lipinski definition) is 4. The molecular formula is C13H23NO3. The van der Waals surface area contributed by atoms with E-state index in [1.165, 1.54) is 18.9 Å². The molecule has 1 rings (SSSR count). The van der Waals surface area contributed by atoms with E-state index in [0.29, 0.717) is 25.1 Å². The quantitative estimate of drug-likeness (QED) is 0.543. The SMILES string of the molecule is CCOC(=O)/C=C/CNC1CCCCC1CO. The molecule has 2 unspecified atom stereocenters. The normalized spacial score (nSPS) is 25.1. The largest absolute Gasteiger partial charge is 0.463 e. The van der Waals surface area contributed by atoms with E-state index in [-0.39, 0.29) is 12.6 Å². The summed E-state index contributed by atoms with van der Waals surface area (Å²) in [6.07, 6.45) is 7.86. The molecular weight excluding hydrogens is 218 g/mol. The number of ether oxygens (including phenoxy) is 1. The highest BCUT2D eigenvalue weighted by Crippen LogP contribution is 2.23. The second-order valence-corrected chi connectivity index (χ2v) is 4.40.